The Labute approximate surface area is 182 Å². The first kappa shape index (κ1) is 21.1. The van der Waals surface area contributed by atoms with Crippen molar-refractivity contribution in [2.75, 3.05) is 25.5 Å². The molecule has 2 atom stereocenters. The lowest BCUT2D eigenvalue weighted by Gasteiger charge is -2.37. The lowest BCUT2D eigenvalue weighted by atomic mass is 9.84. The molecular formula is C26H27FN2O2. The molecular weight excluding hydrogens is 391 g/mol. The first-order chi connectivity index (χ1) is 15.1. The van der Waals surface area contributed by atoms with E-state index in [1.807, 2.05) is 48.5 Å². The summed E-state index contributed by atoms with van der Waals surface area (Å²) >= 11 is 0. The van der Waals surface area contributed by atoms with Gasteiger partial charge in [-0.1, -0.05) is 48.5 Å². The molecule has 160 valence electrons. The molecule has 1 amide bonds. The van der Waals surface area contributed by atoms with Crippen molar-refractivity contribution in [1.29, 1.82) is 0 Å². The molecule has 4 rings (SSSR count). The van der Waals surface area contributed by atoms with E-state index in [-0.39, 0.29) is 23.6 Å². The van der Waals surface area contributed by atoms with Gasteiger partial charge in [0.05, 0.1) is 13.0 Å². The van der Waals surface area contributed by atoms with E-state index >= 15 is 0 Å². The summed E-state index contributed by atoms with van der Waals surface area (Å²) in [6.07, 6.45) is 0.777. The van der Waals surface area contributed by atoms with E-state index in [1.165, 1.54) is 11.6 Å². The van der Waals surface area contributed by atoms with Crippen LogP contribution in [0.5, 0.6) is 5.75 Å². The van der Waals surface area contributed by atoms with Gasteiger partial charge in [0.1, 0.15) is 11.6 Å². The van der Waals surface area contributed by atoms with Crippen molar-refractivity contribution in [3.8, 4) is 5.75 Å². The number of ether oxygens (including phenoxy) is 1. The average molecular weight is 419 g/mol. The molecule has 0 saturated carbocycles. The number of piperidine rings is 1. The second-order valence-corrected chi connectivity index (χ2v) is 8.09. The third-order valence-electron chi connectivity index (χ3n) is 5.80. The van der Waals surface area contributed by atoms with Crippen LogP contribution in [0, 0.1) is 11.7 Å². The van der Waals surface area contributed by atoms with E-state index in [0.717, 1.165) is 24.2 Å². The number of carbonyl (C=O) groups is 1. The van der Waals surface area contributed by atoms with E-state index in [0.29, 0.717) is 18.8 Å². The number of anilines is 1. The average Bonchev–Trinajstić information content (AvgIpc) is 2.79. The van der Waals surface area contributed by atoms with E-state index < -0.39 is 0 Å². The molecule has 4 nitrogen and oxygen atoms in total. The van der Waals surface area contributed by atoms with Gasteiger partial charge in [0.15, 0.2) is 0 Å². The Balaban J connectivity index is 1.52. The highest BCUT2D eigenvalue weighted by Crippen LogP contribution is 2.32. The third kappa shape index (κ3) is 5.50. The van der Waals surface area contributed by atoms with Crippen LogP contribution in [0.15, 0.2) is 78.9 Å². The van der Waals surface area contributed by atoms with Crippen molar-refractivity contribution in [1.82, 2.24) is 4.90 Å². The number of rotatable bonds is 6. The fourth-order valence-corrected chi connectivity index (χ4v) is 4.31. The fraction of sp³-hybridized carbons (Fsp3) is 0.269. The molecule has 1 heterocycles. The zero-order valence-corrected chi connectivity index (χ0v) is 17.6. The summed E-state index contributed by atoms with van der Waals surface area (Å²) in [6, 6.07) is 24.4. The Kier molecular flexibility index (Phi) is 6.63. The molecule has 1 fully saturated rings. The number of nitrogens with zero attached hydrogens (tertiary/aromatic N) is 1. The molecule has 0 spiro atoms. The smallest absolute Gasteiger partial charge is 0.228 e. The Morgan fingerprint density at radius 3 is 2.61 bits per heavy atom. The molecule has 3 aromatic rings. The van der Waals surface area contributed by atoms with Gasteiger partial charge < -0.3 is 10.1 Å². The summed E-state index contributed by atoms with van der Waals surface area (Å²) in [6.45, 7) is 2.09. The molecule has 5 heteroatoms. The summed E-state index contributed by atoms with van der Waals surface area (Å²) in [5.41, 5.74) is 2.87. The van der Waals surface area contributed by atoms with Gasteiger partial charge >= 0.3 is 0 Å². The predicted molar refractivity (Wildman–Crippen MR) is 121 cm³/mol. The van der Waals surface area contributed by atoms with Crippen LogP contribution in [0.25, 0.3) is 0 Å². The quantitative estimate of drug-likeness (QED) is 0.607. The largest absolute Gasteiger partial charge is 0.497 e. The second kappa shape index (κ2) is 9.75. The van der Waals surface area contributed by atoms with Crippen LogP contribution in [-0.4, -0.2) is 31.0 Å². The predicted octanol–water partition coefficient (Wildman–Crippen LogP) is 5.08. The highest BCUT2D eigenvalue weighted by atomic mass is 19.1. The fourth-order valence-electron chi connectivity index (χ4n) is 4.31. The first-order valence-electron chi connectivity index (χ1n) is 10.6. The molecule has 2 unspecified atom stereocenters. The molecule has 1 aliphatic rings. The van der Waals surface area contributed by atoms with Gasteiger partial charge in [-0.05, 0) is 47.7 Å². The van der Waals surface area contributed by atoms with Crippen molar-refractivity contribution < 1.29 is 13.9 Å². The van der Waals surface area contributed by atoms with Crippen LogP contribution in [-0.2, 0) is 11.3 Å². The lowest BCUT2D eigenvalue weighted by molar-refractivity contribution is -0.121. The van der Waals surface area contributed by atoms with Gasteiger partial charge in [-0.15, -0.1) is 0 Å². The lowest BCUT2D eigenvalue weighted by Crippen LogP contribution is -2.43. The minimum atomic E-state index is -0.235. The normalized spacial score (nSPS) is 19.0. The molecule has 31 heavy (non-hydrogen) atoms. The van der Waals surface area contributed by atoms with Crippen LogP contribution in [0.3, 0.4) is 0 Å². The number of likely N-dealkylation sites (tertiary alicyclic amines) is 1. The number of methoxy groups -OCH3 is 1. The topological polar surface area (TPSA) is 41.6 Å². The van der Waals surface area contributed by atoms with E-state index in [4.69, 9.17) is 4.74 Å². The van der Waals surface area contributed by atoms with Crippen LogP contribution in [0.1, 0.15) is 23.5 Å². The monoisotopic (exact) mass is 418 g/mol. The van der Waals surface area contributed by atoms with E-state index in [2.05, 4.69) is 22.3 Å². The molecule has 0 radical (unpaired) electrons. The number of benzene rings is 3. The summed E-state index contributed by atoms with van der Waals surface area (Å²) in [7, 11) is 1.61. The van der Waals surface area contributed by atoms with Gasteiger partial charge in [-0.25, -0.2) is 4.39 Å². The zero-order valence-electron chi connectivity index (χ0n) is 17.6. The third-order valence-corrected chi connectivity index (χ3v) is 5.80. The molecule has 0 bridgehead atoms. The number of halogens is 1. The van der Waals surface area contributed by atoms with E-state index in [1.54, 1.807) is 19.2 Å². The van der Waals surface area contributed by atoms with Gasteiger partial charge in [0.2, 0.25) is 5.91 Å². The Morgan fingerprint density at radius 1 is 1.03 bits per heavy atom. The summed E-state index contributed by atoms with van der Waals surface area (Å²) in [4.78, 5) is 15.4. The molecule has 0 aromatic heterocycles. The molecule has 3 aromatic carbocycles. The summed E-state index contributed by atoms with van der Waals surface area (Å²) < 4.78 is 18.9. The van der Waals surface area contributed by atoms with Crippen molar-refractivity contribution in [2.24, 2.45) is 5.92 Å². The Hall–Kier alpha value is -3.18. The maximum Gasteiger partial charge on any atom is 0.228 e. The SMILES string of the molecule is COc1cccc(NC(=O)C2CC(c3ccccc3)CN(Cc3cccc(F)c3)C2)c1. The number of hydrogen-bond acceptors (Lipinski definition) is 3. The number of amides is 1. The van der Waals surface area contributed by atoms with Gasteiger partial charge in [0, 0.05) is 31.4 Å². The van der Waals surface area contributed by atoms with Crippen LogP contribution in [0.2, 0.25) is 0 Å². The summed E-state index contributed by atoms with van der Waals surface area (Å²) in [5, 5.41) is 3.05. The number of carbonyl (C=O) groups excluding carboxylic acids is 1. The molecule has 0 aliphatic carbocycles. The molecule has 1 aliphatic heterocycles. The Morgan fingerprint density at radius 2 is 1.84 bits per heavy atom. The second-order valence-electron chi connectivity index (χ2n) is 8.09. The van der Waals surface area contributed by atoms with Crippen molar-refractivity contribution in [2.45, 2.75) is 18.9 Å². The van der Waals surface area contributed by atoms with E-state index in [9.17, 15) is 9.18 Å². The van der Waals surface area contributed by atoms with Gasteiger partial charge in [0.25, 0.3) is 0 Å². The molecule has 1 N–H and O–H groups in total. The van der Waals surface area contributed by atoms with Crippen molar-refractivity contribution >= 4 is 11.6 Å². The van der Waals surface area contributed by atoms with Crippen LogP contribution < -0.4 is 10.1 Å². The maximum atomic E-state index is 13.7. The standard InChI is InChI=1S/C26H27FN2O2/c1-31-25-12-6-11-24(15-25)28-26(30)22-14-21(20-8-3-2-4-9-20)17-29(18-22)16-19-7-5-10-23(27)13-19/h2-13,15,21-22H,14,16-18H2,1H3,(H,28,30). The minimum Gasteiger partial charge on any atom is -0.497 e. The van der Waals surface area contributed by atoms with Gasteiger partial charge in [-0.3, -0.25) is 9.69 Å². The minimum absolute atomic E-state index is 0.00173. The Bertz CT molecular complexity index is 1020. The first-order valence-corrected chi connectivity index (χ1v) is 10.6. The zero-order chi connectivity index (χ0) is 21.6. The van der Waals surface area contributed by atoms with Crippen molar-refractivity contribution in [3.05, 3.63) is 95.8 Å². The maximum absolute atomic E-state index is 13.7. The van der Waals surface area contributed by atoms with Crippen LogP contribution >= 0.6 is 0 Å². The molecule has 1 saturated heterocycles. The van der Waals surface area contributed by atoms with Crippen molar-refractivity contribution in [3.63, 3.8) is 0 Å². The van der Waals surface area contributed by atoms with Crippen LogP contribution in [0.4, 0.5) is 10.1 Å². The number of hydrogen-bond donors (Lipinski definition) is 1. The highest BCUT2D eigenvalue weighted by molar-refractivity contribution is 5.93. The summed E-state index contributed by atoms with van der Waals surface area (Å²) in [5.74, 6) is 0.541. The number of nitrogens with one attached hydrogen (secondary N) is 1. The van der Waals surface area contributed by atoms with Gasteiger partial charge in [-0.2, -0.15) is 0 Å². The highest BCUT2D eigenvalue weighted by Gasteiger charge is 2.32.